The van der Waals surface area contributed by atoms with Crippen LogP contribution in [-0.4, -0.2) is 23.9 Å². The third kappa shape index (κ3) is 3.70. The minimum absolute atomic E-state index is 0.664. The van der Waals surface area contributed by atoms with E-state index in [0.717, 1.165) is 72.8 Å². The summed E-state index contributed by atoms with van der Waals surface area (Å²) >= 11 is 0. The van der Waals surface area contributed by atoms with Crippen LogP contribution in [0.1, 0.15) is 0 Å². The van der Waals surface area contributed by atoms with Crippen LogP contribution in [0, 0.1) is 0 Å². The molecule has 0 aliphatic rings. The molecule has 0 aliphatic heterocycles. The highest BCUT2D eigenvalue weighted by atomic mass is 16.3. The van der Waals surface area contributed by atoms with Crippen LogP contribution in [0.4, 0.5) is 0 Å². The summed E-state index contributed by atoms with van der Waals surface area (Å²) in [4.78, 5) is 15.2. The first-order valence-electron chi connectivity index (χ1n) is 14.2. The van der Waals surface area contributed by atoms with E-state index in [1.807, 2.05) is 60.7 Å². The summed E-state index contributed by atoms with van der Waals surface area (Å²) in [5.74, 6) is 1.46. The Labute approximate surface area is 246 Å². The van der Waals surface area contributed by atoms with Crippen LogP contribution in [0.2, 0.25) is 0 Å². The van der Waals surface area contributed by atoms with Gasteiger partial charge in [0.25, 0.3) is 0 Å². The van der Waals surface area contributed by atoms with E-state index in [0.29, 0.717) is 5.82 Å². The van der Waals surface area contributed by atoms with Gasteiger partial charge in [0.05, 0.1) is 22.4 Å². The molecule has 202 valence electrons. The van der Waals surface area contributed by atoms with Crippen LogP contribution in [0.3, 0.4) is 0 Å². The minimum Gasteiger partial charge on any atom is -0.437 e. The summed E-state index contributed by atoms with van der Waals surface area (Å²) in [6, 6.07) is 47.3. The summed E-state index contributed by atoms with van der Waals surface area (Å²) in [7, 11) is 0. The second-order valence-electron chi connectivity index (χ2n) is 10.6. The zero-order chi connectivity index (χ0) is 28.3. The first-order chi connectivity index (χ1) is 21.3. The molecule has 43 heavy (non-hydrogen) atoms. The average molecular weight is 554 g/mol. The molecule has 0 unspecified atom stereocenters. The molecule has 5 aromatic carbocycles. The van der Waals surface area contributed by atoms with Crippen LogP contribution in [0.15, 0.2) is 144 Å². The molecule has 6 nitrogen and oxygen atoms in total. The zero-order valence-corrected chi connectivity index (χ0v) is 22.9. The Morgan fingerprint density at radius 2 is 1.14 bits per heavy atom. The second kappa shape index (κ2) is 9.26. The van der Waals surface area contributed by atoms with Crippen molar-refractivity contribution in [1.82, 2.24) is 23.9 Å². The maximum atomic E-state index is 6.33. The van der Waals surface area contributed by atoms with Crippen molar-refractivity contribution < 1.29 is 4.42 Å². The molecular formula is C37H23N5O. The number of aromatic nitrogens is 5. The number of fused-ring (bicyclic) bond motifs is 7. The van der Waals surface area contributed by atoms with E-state index < -0.39 is 0 Å². The van der Waals surface area contributed by atoms with Crippen molar-refractivity contribution in [2.24, 2.45) is 0 Å². The van der Waals surface area contributed by atoms with E-state index in [2.05, 4.69) is 87.8 Å². The SMILES string of the molecule is c1ccc(-c2cc(-c3ccccc3)nc(-c3cccc(-n4c5ccccc5n5c6oc7ccccc7c6nc45)c3)n2)cc1. The van der Waals surface area contributed by atoms with E-state index in [1.165, 1.54) is 0 Å². The van der Waals surface area contributed by atoms with Crippen LogP contribution < -0.4 is 0 Å². The largest absolute Gasteiger partial charge is 0.437 e. The van der Waals surface area contributed by atoms with Crippen molar-refractivity contribution >= 4 is 39.0 Å². The van der Waals surface area contributed by atoms with Gasteiger partial charge in [0.2, 0.25) is 11.5 Å². The van der Waals surface area contributed by atoms with Gasteiger partial charge in [-0.1, -0.05) is 97.1 Å². The molecule has 0 saturated carbocycles. The van der Waals surface area contributed by atoms with Crippen molar-refractivity contribution in [2.75, 3.05) is 0 Å². The van der Waals surface area contributed by atoms with Crippen molar-refractivity contribution in [3.8, 4) is 39.6 Å². The Morgan fingerprint density at radius 1 is 0.512 bits per heavy atom. The van der Waals surface area contributed by atoms with Gasteiger partial charge in [-0.15, -0.1) is 0 Å². The number of benzene rings is 5. The molecule has 0 atom stereocenters. The summed E-state index contributed by atoms with van der Waals surface area (Å²) in [5.41, 5.74) is 10.2. The summed E-state index contributed by atoms with van der Waals surface area (Å²) < 4.78 is 10.6. The highest BCUT2D eigenvalue weighted by molar-refractivity contribution is 6.04. The fourth-order valence-corrected chi connectivity index (χ4v) is 5.97. The quantitative estimate of drug-likeness (QED) is 0.218. The number of para-hydroxylation sites is 3. The molecule has 0 bridgehead atoms. The van der Waals surface area contributed by atoms with E-state index in [4.69, 9.17) is 19.4 Å². The fraction of sp³-hybridized carbons (Fsp3) is 0. The third-order valence-corrected chi connectivity index (χ3v) is 7.96. The Kier molecular flexibility index (Phi) is 5.10. The molecule has 0 amide bonds. The number of hydrogen-bond donors (Lipinski definition) is 0. The molecule has 0 fully saturated rings. The summed E-state index contributed by atoms with van der Waals surface area (Å²) in [5, 5.41) is 1.00. The summed E-state index contributed by atoms with van der Waals surface area (Å²) in [6.45, 7) is 0. The van der Waals surface area contributed by atoms with Crippen LogP contribution >= 0.6 is 0 Å². The van der Waals surface area contributed by atoms with E-state index in [9.17, 15) is 0 Å². The average Bonchev–Trinajstić information content (AvgIpc) is 3.72. The fourth-order valence-electron chi connectivity index (χ4n) is 5.97. The molecule has 9 rings (SSSR count). The smallest absolute Gasteiger partial charge is 0.234 e. The monoisotopic (exact) mass is 553 g/mol. The Hall–Kier alpha value is -6.01. The van der Waals surface area contributed by atoms with Gasteiger partial charge in [-0.3, -0.25) is 4.57 Å². The van der Waals surface area contributed by atoms with E-state index in [1.54, 1.807) is 0 Å². The van der Waals surface area contributed by atoms with Crippen LogP contribution in [-0.2, 0) is 0 Å². The molecule has 0 radical (unpaired) electrons. The zero-order valence-electron chi connectivity index (χ0n) is 22.9. The highest BCUT2D eigenvalue weighted by Crippen LogP contribution is 2.35. The number of imidazole rings is 2. The number of furan rings is 1. The first kappa shape index (κ1) is 23.7. The predicted molar refractivity (Wildman–Crippen MR) is 171 cm³/mol. The van der Waals surface area contributed by atoms with Crippen molar-refractivity contribution in [2.45, 2.75) is 0 Å². The second-order valence-corrected chi connectivity index (χ2v) is 10.6. The lowest BCUT2D eigenvalue weighted by Gasteiger charge is -2.11. The van der Waals surface area contributed by atoms with E-state index in [-0.39, 0.29) is 0 Å². The lowest BCUT2D eigenvalue weighted by molar-refractivity contribution is 0.651. The van der Waals surface area contributed by atoms with Gasteiger partial charge >= 0.3 is 0 Å². The molecule has 9 aromatic rings. The number of hydrogen-bond acceptors (Lipinski definition) is 4. The first-order valence-corrected chi connectivity index (χ1v) is 14.2. The van der Waals surface area contributed by atoms with Gasteiger partial charge in [0, 0.05) is 27.8 Å². The lowest BCUT2D eigenvalue weighted by Crippen LogP contribution is -1.98. The van der Waals surface area contributed by atoms with Gasteiger partial charge in [0.15, 0.2) is 5.82 Å². The Morgan fingerprint density at radius 3 is 1.88 bits per heavy atom. The topological polar surface area (TPSA) is 61.2 Å². The third-order valence-electron chi connectivity index (χ3n) is 7.96. The molecule has 4 heterocycles. The normalized spacial score (nSPS) is 11.7. The summed E-state index contributed by atoms with van der Waals surface area (Å²) in [6.07, 6.45) is 0. The van der Waals surface area contributed by atoms with Gasteiger partial charge in [-0.2, -0.15) is 0 Å². The molecule has 0 spiro atoms. The molecule has 0 N–H and O–H groups in total. The van der Waals surface area contributed by atoms with E-state index >= 15 is 0 Å². The van der Waals surface area contributed by atoms with Crippen molar-refractivity contribution in [1.29, 1.82) is 0 Å². The van der Waals surface area contributed by atoms with Crippen molar-refractivity contribution in [3.05, 3.63) is 140 Å². The van der Waals surface area contributed by atoms with Gasteiger partial charge in [0.1, 0.15) is 11.1 Å². The molecular weight excluding hydrogens is 530 g/mol. The maximum absolute atomic E-state index is 6.33. The van der Waals surface area contributed by atoms with Crippen LogP contribution in [0.25, 0.3) is 78.6 Å². The number of rotatable bonds is 4. The highest BCUT2D eigenvalue weighted by Gasteiger charge is 2.21. The van der Waals surface area contributed by atoms with Gasteiger partial charge in [-0.05, 0) is 42.5 Å². The van der Waals surface area contributed by atoms with Gasteiger partial charge in [-0.25, -0.2) is 19.4 Å². The number of nitrogens with zero attached hydrogens (tertiary/aromatic N) is 5. The van der Waals surface area contributed by atoms with Crippen molar-refractivity contribution in [3.63, 3.8) is 0 Å². The van der Waals surface area contributed by atoms with Gasteiger partial charge < -0.3 is 4.42 Å². The predicted octanol–water partition coefficient (Wildman–Crippen LogP) is 8.97. The molecule has 0 saturated heterocycles. The van der Waals surface area contributed by atoms with Crippen LogP contribution in [0.5, 0.6) is 0 Å². The molecule has 0 aliphatic carbocycles. The minimum atomic E-state index is 0.664. The lowest BCUT2D eigenvalue weighted by atomic mass is 10.1. The molecule has 4 aromatic heterocycles. The molecule has 6 heteroatoms. The maximum Gasteiger partial charge on any atom is 0.234 e. The standard InChI is InChI=1S/C37H23N5O/c1-3-12-24(13-4-1)29-23-30(25-14-5-2-6-15-25)39-35(38-29)26-16-11-17-27(22-26)41-31-19-8-9-20-32(31)42-36-34(40-37(41)42)28-18-7-10-21-33(28)43-36/h1-23H. The Balaban J connectivity index is 1.27. The Bertz CT molecular complexity index is 2400.